The molecule has 9 heavy (non-hydrogen) atoms. The highest BCUT2D eigenvalue weighted by Crippen LogP contribution is 2.08. The molecule has 0 aromatic heterocycles. The molecular formula is C7H14N2. The Morgan fingerprint density at radius 3 is 2.11 bits per heavy atom. The minimum atomic E-state index is 0.0995. The van der Waals surface area contributed by atoms with Crippen molar-refractivity contribution in [1.29, 1.82) is 0 Å². The smallest absolute Gasteiger partial charge is 0.115 e. The molecule has 0 saturated heterocycles. The lowest BCUT2D eigenvalue weighted by atomic mass is 9.99. The highest BCUT2D eigenvalue weighted by atomic mass is 14.9. The molecule has 0 bridgehead atoms. The fourth-order valence-electron chi connectivity index (χ4n) is 0.277. The van der Waals surface area contributed by atoms with Gasteiger partial charge in [0.15, 0.2) is 0 Å². The lowest BCUT2D eigenvalue weighted by Gasteiger charge is -2.09. The number of aliphatic imine (C=N–C) groups is 1. The summed E-state index contributed by atoms with van der Waals surface area (Å²) in [5.74, 6) is 0.366. The molecule has 0 spiro atoms. The van der Waals surface area contributed by atoms with E-state index in [4.69, 9.17) is 5.73 Å². The molecule has 0 rings (SSSR count). The summed E-state index contributed by atoms with van der Waals surface area (Å²) in [5, 5.41) is 0. The van der Waals surface area contributed by atoms with Crippen molar-refractivity contribution in [1.82, 2.24) is 0 Å². The number of hydrogen-bond acceptors (Lipinski definition) is 2. The number of rotatable bonds is 1. The van der Waals surface area contributed by atoms with Crippen LogP contribution in [-0.4, -0.2) is 6.21 Å². The first kappa shape index (κ1) is 8.21. The van der Waals surface area contributed by atoms with Gasteiger partial charge in [0.25, 0.3) is 0 Å². The fraction of sp³-hybridized carbons (Fsp3) is 0.571. The van der Waals surface area contributed by atoms with E-state index in [1.807, 2.05) is 0 Å². The first-order valence-corrected chi connectivity index (χ1v) is 2.91. The monoisotopic (exact) mass is 126 g/mol. The zero-order valence-electron chi connectivity index (χ0n) is 6.31. The van der Waals surface area contributed by atoms with Crippen LogP contribution in [0.1, 0.15) is 20.8 Å². The van der Waals surface area contributed by atoms with E-state index >= 15 is 0 Å². The first-order chi connectivity index (χ1) is 3.92. The molecule has 0 aliphatic rings. The van der Waals surface area contributed by atoms with Crippen molar-refractivity contribution in [2.45, 2.75) is 20.8 Å². The summed E-state index contributed by atoms with van der Waals surface area (Å²) < 4.78 is 0. The quantitative estimate of drug-likeness (QED) is 0.532. The molecule has 0 radical (unpaired) electrons. The first-order valence-electron chi connectivity index (χ1n) is 2.91. The van der Waals surface area contributed by atoms with Gasteiger partial charge in [-0.25, -0.2) is 4.99 Å². The third kappa shape index (κ3) is 7.21. The molecular weight excluding hydrogens is 112 g/mol. The zero-order valence-corrected chi connectivity index (χ0v) is 6.31. The molecule has 2 heteroatoms. The van der Waals surface area contributed by atoms with Gasteiger partial charge in [-0.05, 0) is 5.41 Å². The molecule has 0 heterocycles. The van der Waals surface area contributed by atoms with Gasteiger partial charge in [0.2, 0.25) is 0 Å². The maximum absolute atomic E-state index is 5.21. The zero-order chi connectivity index (χ0) is 7.49. The SMILES string of the molecule is C=C(N)/N=C\C(C)(C)C. The van der Waals surface area contributed by atoms with Crippen LogP contribution in [0.2, 0.25) is 0 Å². The van der Waals surface area contributed by atoms with Gasteiger partial charge in [0, 0.05) is 6.21 Å². The van der Waals surface area contributed by atoms with E-state index in [0.717, 1.165) is 0 Å². The average molecular weight is 126 g/mol. The molecule has 0 aromatic rings. The van der Waals surface area contributed by atoms with Crippen LogP contribution >= 0.6 is 0 Å². The van der Waals surface area contributed by atoms with E-state index in [9.17, 15) is 0 Å². The van der Waals surface area contributed by atoms with Crippen LogP contribution in [0.5, 0.6) is 0 Å². The van der Waals surface area contributed by atoms with Crippen LogP contribution in [0.4, 0.5) is 0 Å². The Bertz CT molecular complexity index is 128. The molecule has 0 saturated carbocycles. The second-order valence-corrected chi connectivity index (χ2v) is 3.12. The van der Waals surface area contributed by atoms with Gasteiger partial charge in [-0.2, -0.15) is 0 Å². The molecule has 2 nitrogen and oxygen atoms in total. The van der Waals surface area contributed by atoms with Crippen molar-refractivity contribution in [2.75, 3.05) is 0 Å². The summed E-state index contributed by atoms with van der Waals surface area (Å²) in [5.41, 5.74) is 5.31. The van der Waals surface area contributed by atoms with Crippen molar-refractivity contribution in [2.24, 2.45) is 16.1 Å². The van der Waals surface area contributed by atoms with Crippen molar-refractivity contribution in [3.05, 3.63) is 12.4 Å². The second kappa shape index (κ2) is 2.67. The van der Waals surface area contributed by atoms with E-state index in [-0.39, 0.29) is 5.41 Å². The molecule has 0 aliphatic heterocycles. The Labute approximate surface area is 56.5 Å². The van der Waals surface area contributed by atoms with Crippen LogP contribution in [0.3, 0.4) is 0 Å². The highest BCUT2D eigenvalue weighted by Gasteiger charge is 2.03. The maximum atomic E-state index is 5.21. The predicted molar refractivity (Wildman–Crippen MR) is 41.3 cm³/mol. The number of nitrogens with zero attached hydrogens (tertiary/aromatic N) is 1. The van der Waals surface area contributed by atoms with E-state index in [1.54, 1.807) is 6.21 Å². The Morgan fingerprint density at radius 2 is 2.00 bits per heavy atom. The van der Waals surface area contributed by atoms with E-state index in [2.05, 4.69) is 32.3 Å². The Kier molecular flexibility index (Phi) is 2.43. The van der Waals surface area contributed by atoms with Gasteiger partial charge in [0.05, 0.1) is 0 Å². The summed E-state index contributed by atoms with van der Waals surface area (Å²) in [6.45, 7) is 9.60. The third-order valence-electron chi connectivity index (χ3n) is 0.618. The second-order valence-electron chi connectivity index (χ2n) is 3.12. The lowest BCUT2D eigenvalue weighted by Crippen LogP contribution is -2.07. The summed E-state index contributed by atoms with van der Waals surface area (Å²) in [7, 11) is 0. The molecule has 0 unspecified atom stereocenters. The van der Waals surface area contributed by atoms with Gasteiger partial charge >= 0.3 is 0 Å². The summed E-state index contributed by atoms with van der Waals surface area (Å²) >= 11 is 0. The standard InChI is InChI=1S/C7H14N2/c1-6(8)9-5-7(2,3)4/h5H,1,8H2,2-4H3/b9-5-. The van der Waals surface area contributed by atoms with E-state index in [0.29, 0.717) is 5.82 Å². The molecule has 0 atom stereocenters. The van der Waals surface area contributed by atoms with Crippen LogP contribution < -0.4 is 5.73 Å². The van der Waals surface area contributed by atoms with Crippen LogP contribution in [0.15, 0.2) is 17.4 Å². The molecule has 52 valence electrons. The Morgan fingerprint density at radius 1 is 1.56 bits per heavy atom. The third-order valence-corrected chi connectivity index (χ3v) is 0.618. The lowest BCUT2D eigenvalue weighted by molar-refractivity contribution is 0.606. The van der Waals surface area contributed by atoms with Crippen molar-refractivity contribution < 1.29 is 0 Å². The Balaban J connectivity index is 3.86. The largest absolute Gasteiger partial charge is 0.384 e. The molecule has 0 aliphatic carbocycles. The van der Waals surface area contributed by atoms with Crippen molar-refractivity contribution >= 4 is 6.21 Å². The molecule has 2 N–H and O–H groups in total. The predicted octanol–water partition coefficient (Wildman–Crippen LogP) is 1.53. The fourth-order valence-corrected chi connectivity index (χ4v) is 0.277. The topological polar surface area (TPSA) is 38.4 Å². The van der Waals surface area contributed by atoms with Crippen LogP contribution in [0.25, 0.3) is 0 Å². The normalized spacial score (nSPS) is 12.3. The van der Waals surface area contributed by atoms with Gasteiger partial charge in [0.1, 0.15) is 5.82 Å². The summed E-state index contributed by atoms with van der Waals surface area (Å²) in [6.07, 6.45) is 1.79. The van der Waals surface area contributed by atoms with E-state index < -0.39 is 0 Å². The van der Waals surface area contributed by atoms with E-state index in [1.165, 1.54) is 0 Å². The molecule has 0 fully saturated rings. The Hall–Kier alpha value is -0.790. The molecule has 0 amide bonds. The highest BCUT2D eigenvalue weighted by molar-refractivity contribution is 5.65. The van der Waals surface area contributed by atoms with Gasteiger partial charge in [-0.3, -0.25) is 0 Å². The van der Waals surface area contributed by atoms with Crippen molar-refractivity contribution in [3.8, 4) is 0 Å². The van der Waals surface area contributed by atoms with Crippen LogP contribution in [-0.2, 0) is 0 Å². The number of hydrogen-bond donors (Lipinski definition) is 1. The molecule has 0 aromatic carbocycles. The number of nitrogens with two attached hydrogens (primary N) is 1. The summed E-state index contributed by atoms with van der Waals surface area (Å²) in [6, 6.07) is 0. The summed E-state index contributed by atoms with van der Waals surface area (Å²) in [4.78, 5) is 3.85. The minimum absolute atomic E-state index is 0.0995. The average Bonchev–Trinajstić information content (AvgIpc) is 1.59. The van der Waals surface area contributed by atoms with Crippen molar-refractivity contribution in [3.63, 3.8) is 0 Å². The van der Waals surface area contributed by atoms with Gasteiger partial charge in [-0.1, -0.05) is 27.4 Å². The maximum Gasteiger partial charge on any atom is 0.115 e. The van der Waals surface area contributed by atoms with Gasteiger partial charge in [-0.15, -0.1) is 0 Å². The minimum Gasteiger partial charge on any atom is -0.384 e. The van der Waals surface area contributed by atoms with Crippen LogP contribution in [0, 0.1) is 5.41 Å². The van der Waals surface area contributed by atoms with Gasteiger partial charge < -0.3 is 5.73 Å².